The van der Waals surface area contributed by atoms with Gasteiger partial charge >= 0.3 is 5.97 Å². The largest absolute Gasteiger partial charge is 0.449 e. The summed E-state index contributed by atoms with van der Waals surface area (Å²) in [6.45, 7) is 5.89. The second-order valence-electron chi connectivity index (χ2n) is 9.96. The molecule has 0 aromatic heterocycles. The van der Waals surface area contributed by atoms with Crippen LogP contribution in [0.5, 0.6) is 0 Å². The monoisotopic (exact) mass is 454 g/mol. The van der Waals surface area contributed by atoms with E-state index in [0.717, 1.165) is 51.4 Å². The average Bonchev–Trinajstić information content (AvgIpc) is 3.06. The zero-order valence-electron chi connectivity index (χ0n) is 19.8. The van der Waals surface area contributed by atoms with Crippen LogP contribution < -0.4 is 5.32 Å². The molecule has 1 aliphatic heterocycles. The summed E-state index contributed by atoms with van der Waals surface area (Å²) < 4.78 is 5.41. The standard InChI is InChI=1S/C26H34N2O5/c1-15-8-7-11-22(16(15)2)27-23(29)17(3)33-26(32)18-12-13-20-21(14-18)25(31)28(24(20)30)19-9-5-4-6-10-19/h12-17,19,22H,4-11H2,1-3H3,(H,27,29)/t15-,16-,17-,22-/m1/s1. The lowest BCUT2D eigenvalue weighted by Gasteiger charge is -2.35. The number of hydrogen-bond donors (Lipinski definition) is 1. The molecule has 2 saturated carbocycles. The lowest BCUT2D eigenvalue weighted by Crippen LogP contribution is -2.47. The van der Waals surface area contributed by atoms with Crippen LogP contribution >= 0.6 is 0 Å². The third-order valence-corrected chi connectivity index (χ3v) is 7.78. The maximum atomic E-state index is 13.0. The molecule has 1 aromatic carbocycles. The van der Waals surface area contributed by atoms with Gasteiger partial charge in [-0.25, -0.2) is 4.79 Å². The molecule has 4 atom stereocenters. The molecule has 1 aromatic rings. The van der Waals surface area contributed by atoms with Gasteiger partial charge in [0.15, 0.2) is 6.10 Å². The summed E-state index contributed by atoms with van der Waals surface area (Å²) in [5, 5.41) is 3.03. The van der Waals surface area contributed by atoms with E-state index < -0.39 is 12.1 Å². The summed E-state index contributed by atoms with van der Waals surface area (Å²) in [6, 6.07) is 4.44. The van der Waals surface area contributed by atoms with Gasteiger partial charge in [-0.2, -0.15) is 0 Å². The van der Waals surface area contributed by atoms with Crippen molar-refractivity contribution >= 4 is 23.7 Å². The van der Waals surface area contributed by atoms with Crippen molar-refractivity contribution in [3.63, 3.8) is 0 Å². The fraction of sp³-hybridized carbons (Fsp3) is 0.615. The normalized spacial score (nSPS) is 26.6. The fourth-order valence-corrected chi connectivity index (χ4v) is 5.43. The summed E-state index contributed by atoms with van der Waals surface area (Å²) in [4.78, 5) is 52.5. The van der Waals surface area contributed by atoms with Crippen molar-refractivity contribution in [2.24, 2.45) is 11.8 Å². The molecule has 7 heteroatoms. The van der Waals surface area contributed by atoms with Crippen molar-refractivity contribution in [1.82, 2.24) is 10.2 Å². The van der Waals surface area contributed by atoms with Gasteiger partial charge in [0.25, 0.3) is 17.7 Å². The van der Waals surface area contributed by atoms with Crippen LogP contribution in [0.15, 0.2) is 18.2 Å². The molecule has 3 amide bonds. The third kappa shape index (κ3) is 4.68. The molecule has 3 aliphatic rings. The Kier molecular flexibility index (Phi) is 6.86. The first kappa shape index (κ1) is 23.5. The molecular formula is C26H34N2O5. The van der Waals surface area contributed by atoms with Gasteiger partial charge in [0.2, 0.25) is 0 Å². The smallest absolute Gasteiger partial charge is 0.338 e. The van der Waals surface area contributed by atoms with Crippen LogP contribution in [-0.2, 0) is 9.53 Å². The van der Waals surface area contributed by atoms with Crippen LogP contribution in [0.25, 0.3) is 0 Å². The van der Waals surface area contributed by atoms with Crippen molar-refractivity contribution in [1.29, 1.82) is 0 Å². The molecule has 2 fully saturated rings. The molecule has 0 spiro atoms. The number of amides is 3. The zero-order valence-corrected chi connectivity index (χ0v) is 19.8. The Morgan fingerprint density at radius 1 is 0.970 bits per heavy atom. The number of rotatable bonds is 5. The first-order valence-corrected chi connectivity index (χ1v) is 12.3. The van der Waals surface area contributed by atoms with Crippen molar-refractivity contribution < 1.29 is 23.9 Å². The topological polar surface area (TPSA) is 92.8 Å². The summed E-state index contributed by atoms with van der Waals surface area (Å²) in [6.07, 6.45) is 7.00. The van der Waals surface area contributed by atoms with Crippen molar-refractivity contribution in [2.45, 2.75) is 90.3 Å². The highest BCUT2D eigenvalue weighted by atomic mass is 16.5. The van der Waals surface area contributed by atoms with Gasteiger partial charge in [-0.1, -0.05) is 46.0 Å². The van der Waals surface area contributed by atoms with Crippen LogP contribution in [0.4, 0.5) is 0 Å². The zero-order chi connectivity index (χ0) is 23.7. The Bertz CT molecular complexity index is 952. The third-order valence-electron chi connectivity index (χ3n) is 7.78. The molecule has 33 heavy (non-hydrogen) atoms. The van der Waals surface area contributed by atoms with E-state index in [9.17, 15) is 19.2 Å². The summed E-state index contributed by atoms with van der Waals surface area (Å²) >= 11 is 0. The molecule has 4 rings (SSSR count). The summed E-state index contributed by atoms with van der Waals surface area (Å²) in [5.74, 6) is -0.708. The second-order valence-corrected chi connectivity index (χ2v) is 9.96. The quantitative estimate of drug-likeness (QED) is 0.534. The molecule has 2 aliphatic carbocycles. The Hall–Kier alpha value is -2.70. The van der Waals surface area contributed by atoms with E-state index in [2.05, 4.69) is 19.2 Å². The predicted octanol–water partition coefficient (Wildman–Crippen LogP) is 4.10. The lowest BCUT2D eigenvalue weighted by molar-refractivity contribution is -0.130. The lowest BCUT2D eigenvalue weighted by atomic mass is 9.78. The number of carbonyl (C=O) groups is 4. The predicted molar refractivity (Wildman–Crippen MR) is 123 cm³/mol. The first-order chi connectivity index (χ1) is 15.8. The van der Waals surface area contributed by atoms with Gasteiger partial charge in [0.05, 0.1) is 16.7 Å². The van der Waals surface area contributed by atoms with Crippen LogP contribution in [0.1, 0.15) is 103 Å². The number of esters is 1. The van der Waals surface area contributed by atoms with Crippen LogP contribution in [0.2, 0.25) is 0 Å². The Labute approximate surface area is 195 Å². The second kappa shape index (κ2) is 9.65. The van der Waals surface area contributed by atoms with Gasteiger partial charge in [-0.3, -0.25) is 19.3 Å². The molecule has 178 valence electrons. The number of benzene rings is 1. The highest BCUT2D eigenvalue weighted by molar-refractivity contribution is 6.22. The van der Waals surface area contributed by atoms with Gasteiger partial charge in [-0.15, -0.1) is 0 Å². The molecular weight excluding hydrogens is 420 g/mol. The molecule has 1 N–H and O–H groups in total. The van der Waals surface area contributed by atoms with Gasteiger partial charge < -0.3 is 10.1 Å². The molecule has 0 bridgehead atoms. The highest BCUT2D eigenvalue weighted by Crippen LogP contribution is 2.32. The molecule has 1 heterocycles. The number of nitrogens with one attached hydrogen (secondary N) is 1. The van der Waals surface area contributed by atoms with Crippen LogP contribution in [-0.4, -0.2) is 46.8 Å². The highest BCUT2D eigenvalue weighted by Gasteiger charge is 2.40. The van der Waals surface area contributed by atoms with E-state index >= 15 is 0 Å². The Morgan fingerprint density at radius 2 is 1.67 bits per heavy atom. The maximum absolute atomic E-state index is 13.0. The van der Waals surface area contributed by atoms with Crippen LogP contribution in [0.3, 0.4) is 0 Å². The number of nitrogens with zero attached hydrogens (tertiary/aromatic N) is 1. The van der Waals surface area contributed by atoms with Crippen molar-refractivity contribution in [3.05, 3.63) is 34.9 Å². The maximum Gasteiger partial charge on any atom is 0.338 e. The van der Waals surface area contributed by atoms with Gasteiger partial charge in [0, 0.05) is 12.1 Å². The van der Waals surface area contributed by atoms with Crippen molar-refractivity contribution in [2.75, 3.05) is 0 Å². The minimum atomic E-state index is -0.953. The van der Waals surface area contributed by atoms with E-state index in [1.165, 1.54) is 23.1 Å². The molecule has 7 nitrogen and oxygen atoms in total. The average molecular weight is 455 g/mol. The van der Waals surface area contributed by atoms with E-state index in [1.807, 2.05) is 0 Å². The number of hydrogen-bond acceptors (Lipinski definition) is 5. The van der Waals surface area contributed by atoms with E-state index in [0.29, 0.717) is 17.4 Å². The SMILES string of the molecule is C[C@@H]1[C@H](C)CCC[C@H]1NC(=O)[C@@H](C)OC(=O)c1ccc2c(c1)C(=O)N(C1CCCCC1)C2=O. The number of ether oxygens (including phenoxy) is 1. The Balaban J connectivity index is 1.41. The van der Waals surface area contributed by atoms with Crippen molar-refractivity contribution in [3.8, 4) is 0 Å². The Morgan fingerprint density at radius 3 is 2.39 bits per heavy atom. The minimum absolute atomic E-state index is 0.0739. The summed E-state index contributed by atoms with van der Waals surface area (Å²) in [7, 11) is 0. The van der Waals surface area contributed by atoms with Crippen LogP contribution in [0, 0.1) is 11.8 Å². The van der Waals surface area contributed by atoms with E-state index in [1.54, 1.807) is 6.92 Å². The number of fused-ring (bicyclic) bond motifs is 1. The fourth-order valence-electron chi connectivity index (χ4n) is 5.43. The molecule has 0 radical (unpaired) electrons. The van der Waals surface area contributed by atoms with Gasteiger partial charge in [0.1, 0.15) is 0 Å². The van der Waals surface area contributed by atoms with E-state index in [4.69, 9.17) is 4.74 Å². The number of carbonyl (C=O) groups excluding carboxylic acids is 4. The molecule has 0 saturated heterocycles. The molecule has 0 unspecified atom stereocenters. The number of imide groups is 1. The minimum Gasteiger partial charge on any atom is -0.449 e. The van der Waals surface area contributed by atoms with E-state index in [-0.39, 0.29) is 40.9 Å². The van der Waals surface area contributed by atoms with Gasteiger partial charge in [-0.05, 0) is 56.2 Å². The first-order valence-electron chi connectivity index (χ1n) is 12.3. The summed E-state index contributed by atoms with van der Waals surface area (Å²) in [5.41, 5.74) is 0.732.